The Morgan fingerprint density at radius 3 is 3.00 bits per heavy atom. The van der Waals surface area contributed by atoms with E-state index in [9.17, 15) is 4.79 Å². The molecule has 6 heteroatoms. The second-order valence-electron chi connectivity index (χ2n) is 3.21. The molecule has 1 aromatic carbocycles. The summed E-state index contributed by atoms with van der Waals surface area (Å²) in [6.07, 6.45) is 3.92. The van der Waals surface area contributed by atoms with Crippen molar-refractivity contribution in [3.8, 4) is 5.69 Å². The maximum absolute atomic E-state index is 10.3. The van der Waals surface area contributed by atoms with Crippen LogP contribution in [0.5, 0.6) is 0 Å². The number of aliphatic carboxylic acids is 1. The zero-order valence-corrected chi connectivity index (χ0v) is 10.2. The van der Waals surface area contributed by atoms with Crippen LogP contribution in [0, 0.1) is 0 Å². The minimum atomic E-state index is -1.01. The minimum absolute atomic E-state index is 0.493. The van der Waals surface area contributed by atoms with Gasteiger partial charge >= 0.3 is 5.97 Å². The Labute approximate surface area is 106 Å². The maximum Gasteiger partial charge on any atom is 0.328 e. The number of benzene rings is 1. The van der Waals surface area contributed by atoms with Crippen molar-refractivity contribution in [3.05, 3.63) is 46.7 Å². The number of aromatic nitrogens is 3. The molecule has 0 fully saturated rings. The van der Waals surface area contributed by atoms with E-state index in [0.29, 0.717) is 5.69 Å². The van der Waals surface area contributed by atoms with Crippen molar-refractivity contribution < 1.29 is 9.90 Å². The summed E-state index contributed by atoms with van der Waals surface area (Å²) in [4.78, 5) is 11.8. The summed E-state index contributed by atoms with van der Waals surface area (Å²) in [6, 6.07) is 7.49. The fourth-order valence-corrected chi connectivity index (χ4v) is 1.62. The number of carbonyl (C=O) groups is 1. The van der Waals surface area contributed by atoms with Crippen LogP contribution in [0.4, 0.5) is 0 Å². The van der Waals surface area contributed by atoms with E-state index in [1.807, 2.05) is 24.3 Å². The Kier molecular flexibility index (Phi) is 3.34. The van der Waals surface area contributed by atoms with Crippen LogP contribution >= 0.6 is 15.9 Å². The Balaban J connectivity index is 2.27. The third-order valence-corrected chi connectivity index (χ3v) is 2.44. The molecule has 0 aliphatic carbocycles. The van der Waals surface area contributed by atoms with Gasteiger partial charge in [-0.2, -0.15) is 9.90 Å². The summed E-state index contributed by atoms with van der Waals surface area (Å²) >= 11 is 3.36. The fourth-order valence-electron chi connectivity index (χ4n) is 1.23. The first-order chi connectivity index (χ1) is 8.15. The lowest BCUT2D eigenvalue weighted by molar-refractivity contribution is -0.131. The molecule has 0 unspecified atom stereocenters. The van der Waals surface area contributed by atoms with Gasteiger partial charge in [0.2, 0.25) is 0 Å². The first-order valence-corrected chi connectivity index (χ1v) is 5.54. The van der Waals surface area contributed by atoms with E-state index in [0.717, 1.165) is 16.2 Å². The van der Waals surface area contributed by atoms with Crippen molar-refractivity contribution in [3.63, 3.8) is 0 Å². The molecule has 1 aromatic heterocycles. The number of hydrogen-bond acceptors (Lipinski definition) is 3. The third-order valence-electron chi connectivity index (χ3n) is 1.95. The Morgan fingerprint density at radius 2 is 2.29 bits per heavy atom. The van der Waals surface area contributed by atoms with Gasteiger partial charge in [0.05, 0.1) is 11.9 Å². The lowest BCUT2D eigenvalue weighted by Gasteiger charge is -1.98. The molecule has 1 heterocycles. The molecular weight excluding hydrogens is 286 g/mol. The molecule has 0 bridgehead atoms. The molecule has 86 valence electrons. The highest BCUT2D eigenvalue weighted by Gasteiger charge is 2.01. The van der Waals surface area contributed by atoms with Crippen LogP contribution in [0.1, 0.15) is 5.69 Å². The normalized spacial score (nSPS) is 10.9. The summed E-state index contributed by atoms with van der Waals surface area (Å²) in [7, 11) is 0. The number of hydrogen-bond donors (Lipinski definition) is 1. The van der Waals surface area contributed by atoms with Crippen LogP contribution in [-0.4, -0.2) is 26.1 Å². The second-order valence-corrected chi connectivity index (χ2v) is 4.13. The fraction of sp³-hybridized carbons (Fsp3) is 0. The maximum atomic E-state index is 10.3. The molecule has 0 radical (unpaired) electrons. The van der Waals surface area contributed by atoms with Crippen molar-refractivity contribution in [2.75, 3.05) is 0 Å². The van der Waals surface area contributed by atoms with E-state index in [-0.39, 0.29) is 0 Å². The van der Waals surface area contributed by atoms with Crippen LogP contribution in [0.15, 0.2) is 41.0 Å². The van der Waals surface area contributed by atoms with E-state index in [1.165, 1.54) is 17.1 Å². The van der Waals surface area contributed by atoms with Crippen LogP contribution in [0.2, 0.25) is 0 Å². The molecule has 0 aliphatic heterocycles. The standard InChI is InChI=1S/C11H8BrN3O2/c12-8-2-1-3-10(6-8)15-13-7-9(14-15)4-5-11(16)17/h1-7H,(H,16,17)/b5-4+. The van der Waals surface area contributed by atoms with E-state index in [1.54, 1.807) is 0 Å². The van der Waals surface area contributed by atoms with Crippen molar-refractivity contribution in [2.45, 2.75) is 0 Å². The summed E-state index contributed by atoms with van der Waals surface area (Å²) in [5, 5.41) is 16.7. The van der Waals surface area contributed by atoms with Gasteiger partial charge in [0.1, 0.15) is 5.69 Å². The van der Waals surface area contributed by atoms with Gasteiger partial charge in [-0.05, 0) is 24.3 Å². The number of carboxylic acids is 1. The highest BCUT2D eigenvalue weighted by Crippen LogP contribution is 2.14. The molecule has 1 N–H and O–H groups in total. The SMILES string of the molecule is O=C(O)/C=C/c1cnn(-c2cccc(Br)c2)n1. The second kappa shape index (κ2) is 4.92. The molecule has 17 heavy (non-hydrogen) atoms. The Hall–Kier alpha value is -1.95. The van der Waals surface area contributed by atoms with Crippen molar-refractivity contribution in [1.82, 2.24) is 15.0 Å². The average Bonchev–Trinajstić information content (AvgIpc) is 2.75. The van der Waals surface area contributed by atoms with Gasteiger partial charge in [-0.3, -0.25) is 0 Å². The molecule has 2 aromatic rings. The zero-order valence-electron chi connectivity index (χ0n) is 8.62. The van der Waals surface area contributed by atoms with E-state index in [2.05, 4.69) is 26.1 Å². The largest absolute Gasteiger partial charge is 0.478 e. The molecule has 2 rings (SSSR count). The third kappa shape index (κ3) is 3.01. The summed E-state index contributed by atoms with van der Waals surface area (Å²) in [6.45, 7) is 0. The highest BCUT2D eigenvalue weighted by molar-refractivity contribution is 9.10. The summed E-state index contributed by atoms with van der Waals surface area (Å²) in [5.74, 6) is -1.01. The minimum Gasteiger partial charge on any atom is -0.478 e. The van der Waals surface area contributed by atoms with Gasteiger partial charge in [0.25, 0.3) is 0 Å². The van der Waals surface area contributed by atoms with Gasteiger partial charge in [-0.25, -0.2) is 4.79 Å². The molecule has 0 saturated heterocycles. The van der Waals surface area contributed by atoms with Crippen LogP contribution < -0.4 is 0 Å². The molecule has 0 spiro atoms. The topological polar surface area (TPSA) is 68.0 Å². The van der Waals surface area contributed by atoms with Crippen LogP contribution in [0.25, 0.3) is 11.8 Å². The predicted octanol–water partition coefficient (Wildman–Crippen LogP) is 2.13. The van der Waals surface area contributed by atoms with Crippen molar-refractivity contribution >= 4 is 28.0 Å². The molecular formula is C11H8BrN3O2. The van der Waals surface area contributed by atoms with Gasteiger partial charge < -0.3 is 5.11 Å². The number of carboxylic acid groups (broad SMARTS) is 1. The first kappa shape index (κ1) is 11.5. The molecule has 0 atom stereocenters. The predicted molar refractivity (Wildman–Crippen MR) is 65.7 cm³/mol. The van der Waals surface area contributed by atoms with Gasteiger partial charge in [0.15, 0.2) is 0 Å². The monoisotopic (exact) mass is 293 g/mol. The van der Waals surface area contributed by atoms with E-state index >= 15 is 0 Å². The number of rotatable bonds is 3. The number of nitrogens with zero attached hydrogens (tertiary/aromatic N) is 3. The van der Waals surface area contributed by atoms with Gasteiger partial charge in [0, 0.05) is 10.5 Å². The lowest BCUT2D eigenvalue weighted by Crippen LogP contribution is -1.98. The van der Waals surface area contributed by atoms with Crippen LogP contribution in [0.3, 0.4) is 0 Å². The zero-order chi connectivity index (χ0) is 12.3. The first-order valence-electron chi connectivity index (χ1n) is 4.74. The molecule has 0 amide bonds. The van der Waals surface area contributed by atoms with E-state index < -0.39 is 5.97 Å². The van der Waals surface area contributed by atoms with Gasteiger partial charge in [-0.15, -0.1) is 5.10 Å². The Bertz CT molecular complexity index is 578. The quantitative estimate of drug-likeness (QED) is 0.880. The summed E-state index contributed by atoms with van der Waals surface area (Å²) < 4.78 is 0.926. The molecule has 5 nitrogen and oxygen atoms in total. The number of halogens is 1. The lowest BCUT2D eigenvalue weighted by atomic mass is 10.3. The smallest absolute Gasteiger partial charge is 0.328 e. The van der Waals surface area contributed by atoms with Crippen molar-refractivity contribution in [2.24, 2.45) is 0 Å². The molecule has 0 saturated carbocycles. The average molecular weight is 294 g/mol. The van der Waals surface area contributed by atoms with E-state index in [4.69, 9.17) is 5.11 Å². The van der Waals surface area contributed by atoms with Crippen molar-refractivity contribution in [1.29, 1.82) is 0 Å². The highest BCUT2D eigenvalue weighted by atomic mass is 79.9. The molecule has 0 aliphatic rings. The van der Waals surface area contributed by atoms with Gasteiger partial charge in [-0.1, -0.05) is 22.0 Å². The van der Waals surface area contributed by atoms with Crippen LogP contribution in [-0.2, 0) is 4.79 Å². The Morgan fingerprint density at radius 1 is 1.47 bits per heavy atom. The summed E-state index contributed by atoms with van der Waals surface area (Å²) in [5.41, 5.74) is 1.29.